The molecule has 1 heterocycles. The number of aryl methyl sites for hydroxylation is 2. The first-order valence-electron chi connectivity index (χ1n) is 18.4. The molecule has 1 saturated carbocycles. The van der Waals surface area contributed by atoms with Crippen LogP contribution in [0.1, 0.15) is 124 Å². The number of Topliss-reactive ketones (excluding diaryl/α,β-unsaturated/α-hetero) is 1. The molecule has 0 amide bonds. The molecule has 1 aliphatic rings. The molecule has 4 aromatic rings. The third-order valence-corrected chi connectivity index (χ3v) is 10.4. The summed E-state index contributed by atoms with van der Waals surface area (Å²) in [5.74, 6) is 0.510. The Hall–Kier alpha value is -4.05. The van der Waals surface area contributed by atoms with E-state index in [1.807, 2.05) is 36.4 Å². The average Bonchev–Trinajstić information content (AvgIpc) is 3.09. The van der Waals surface area contributed by atoms with Crippen LogP contribution in [0.15, 0.2) is 66.7 Å². The van der Waals surface area contributed by atoms with Crippen LogP contribution in [0.25, 0.3) is 22.0 Å². The van der Waals surface area contributed by atoms with E-state index in [2.05, 4.69) is 19.9 Å². The van der Waals surface area contributed by atoms with Crippen molar-refractivity contribution in [3.8, 4) is 17.2 Å². The van der Waals surface area contributed by atoms with E-state index in [9.17, 15) is 27.6 Å². The van der Waals surface area contributed by atoms with Gasteiger partial charge in [-0.1, -0.05) is 83.4 Å². The molecule has 1 unspecified atom stereocenters. The van der Waals surface area contributed by atoms with Crippen molar-refractivity contribution in [2.24, 2.45) is 17.8 Å². The Balaban J connectivity index is 1.45. The fourth-order valence-corrected chi connectivity index (χ4v) is 7.67. The Morgan fingerprint density at radius 1 is 0.920 bits per heavy atom. The number of fused-ring (bicyclic) bond motifs is 1. The number of carbonyl (C=O) groups is 1. The number of ketones is 1. The minimum absolute atomic E-state index is 0.0217. The zero-order valence-corrected chi connectivity index (χ0v) is 29.3. The molecular weight excluding hydrogens is 636 g/mol. The number of rotatable bonds is 13. The second kappa shape index (κ2) is 17.2. The SMILES string of the molecule is CCCCCC(C)C[C@@H]1CCCCC[C@H](C(=O)c2cc(CCCc3cc(C(F)(F)F)ccc3F)nc3ccc(-c4ccc(C#N)cc4)cc23)C1. The van der Waals surface area contributed by atoms with Crippen molar-refractivity contribution in [3.63, 3.8) is 0 Å². The van der Waals surface area contributed by atoms with E-state index in [1.165, 1.54) is 32.1 Å². The van der Waals surface area contributed by atoms with E-state index in [0.29, 0.717) is 47.0 Å². The van der Waals surface area contributed by atoms with Gasteiger partial charge in [-0.2, -0.15) is 18.4 Å². The minimum Gasteiger partial charge on any atom is -0.294 e. The zero-order valence-electron chi connectivity index (χ0n) is 29.3. The Morgan fingerprint density at radius 3 is 2.42 bits per heavy atom. The Bertz CT molecular complexity index is 1790. The van der Waals surface area contributed by atoms with Crippen LogP contribution in [0.4, 0.5) is 17.6 Å². The molecule has 50 heavy (non-hydrogen) atoms. The van der Waals surface area contributed by atoms with Gasteiger partial charge in [0.2, 0.25) is 0 Å². The Morgan fingerprint density at radius 2 is 1.68 bits per heavy atom. The van der Waals surface area contributed by atoms with Gasteiger partial charge in [-0.05, 0) is 116 Å². The number of unbranched alkanes of at least 4 members (excludes halogenated alkanes) is 2. The topological polar surface area (TPSA) is 53.8 Å². The Labute approximate surface area is 294 Å². The van der Waals surface area contributed by atoms with Gasteiger partial charge in [0.05, 0.1) is 22.7 Å². The molecule has 7 heteroatoms. The van der Waals surface area contributed by atoms with E-state index in [0.717, 1.165) is 73.2 Å². The molecule has 0 bridgehead atoms. The van der Waals surface area contributed by atoms with Gasteiger partial charge in [-0.25, -0.2) is 4.39 Å². The van der Waals surface area contributed by atoms with Crippen molar-refractivity contribution < 1.29 is 22.4 Å². The maximum absolute atomic E-state index is 14.7. The summed E-state index contributed by atoms with van der Waals surface area (Å²) in [5.41, 5.74) is 3.56. The standard InChI is InChI=1S/C43H48F4N2O/c1-3-4-6-10-29(2)23-31-11-7-5-8-12-35(24-31)42(50)39-27-37(14-9-13-34-25-36(43(45,46)47)20-21-40(34)44)49-41-22-19-33(26-38(39)41)32-17-15-30(28-48)16-18-32/h15-22,25-27,29,31,35H,3-14,23-24H2,1-2H3/t29?,31-,35-/m0/s1. The average molecular weight is 685 g/mol. The van der Waals surface area contributed by atoms with Crippen LogP contribution >= 0.6 is 0 Å². The zero-order chi connectivity index (χ0) is 35.7. The molecule has 3 nitrogen and oxygen atoms in total. The van der Waals surface area contributed by atoms with Crippen molar-refractivity contribution in [1.82, 2.24) is 4.98 Å². The minimum atomic E-state index is -4.54. The van der Waals surface area contributed by atoms with Gasteiger partial charge in [-0.15, -0.1) is 0 Å². The molecule has 1 aromatic heterocycles. The number of nitrogens with zero attached hydrogens (tertiary/aromatic N) is 2. The first-order chi connectivity index (χ1) is 24.0. The van der Waals surface area contributed by atoms with Gasteiger partial charge in [0, 0.05) is 22.6 Å². The maximum Gasteiger partial charge on any atom is 0.416 e. The van der Waals surface area contributed by atoms with Crippen molar-refractivity contribution in [3.05, 3.63) is 100 Å². The highest BCUT2D eigenvalue weighted by atomic mass is 19.4. The highest BCUT2D eigenvalue weighted by Gasteiger charge is 2.31. The van der Waals surface area contributed by atoms with Crippen LogP contribution in [0, 0.1) is 34.9 Å². The lowest BCUT2D eigenvalue weighted by atomic mass is 9.76. The number of hydrogen-bond donors (Lipinski definition) is 0. The van der Waals surface area contributed by atoms with Gasteiger partial charge >= 0.3 is 6.18 Å². The number of aromatic nitrogens is 1. The molecule has 0 radical (unpaired) electrons. The lowest BCUT2D eigenvalue weighted by Crippen LogP contribution is -2.22. The number of halogens is 4. The number of benzene rings is 3. The largest absolute Gasteiger partial charge is 0.416 e. The number of nitriles is 1. The lowest BCUT2D eigenvalue weighted by molar-refractivity contribution is -0.137. The summed E-state index contributed by atoms with van der Waals surface area (Å²) in [6.45, 7) is 4.58. The number of hydrogen-bond acceptors (Lipinski definition) is 3. The summed E-state index contributed by atoms with van der Waals surface area (Å²) < 4.78 is 54.4. The second-order valence-electron chi connectivity index (χ2n) is 14.4. The number of alkyl halides is 3. The second-order valence-corrected chi connectivity index (χ2v) is 14.4. The third kappa shape index (κ3) is 9.80. The highest BCUT2D eigenvalue weighted by molar-refractivity contribution is 6.09. The Kier molecular flexibility index (Phi) is 12.8. The first kappa shape index (κ1) is 37.2. The molecule has 1 fully saturated rings. The van der Waals surface area contributed by atoms with E-state index in [-0.39, 0.29) is 23.7 Å². The van der Waals surface area contributed by atoms with Gasteiger partial charge in [0.1, 0.15) is 5.82 Å². The van der Waals surface area contributed by atoms with Crippen molar-refractivity contribution in [1.29, 1.82) is 5.26 Å². The van der Waals surface area contributed by atoms with Gasteiger partial charge in [-0.3, -0.25) is 9.78 Å². The predicted octanol–water partition coefficient (Wildman–Crippen LogP) is 12.5. The summed E-state index contributed by atoms with van der Waals surface area (Å²) in [7, 11) is 0. The van der Waals surface area contributed by atoms with Crippen LogP contribution < -0.4 is 0 Å². The van der Waals surface area contributed by atoms with Crippen LogP contribution in [0.3, 0.4) is 0 Å². The van der Waals surface area contributed by atoms with Crippen molar-refractivity contribution in [2.45, 2.75) is 110 Å². The summed E-state index contributed by atoms with van der Waals surface area (Å²) in [5, 5.41) is 10.0. The molecule has 3 atom stereocenters. The van der Waals surface area contributed by atoms with Crippen LogP contribution in [0.2, 0.25) is 0 Å². The lowest BCUT2D eigenvalue weighted by Gasteiger charge is -2.28. The smallest absolute Gasteiger partial charge is 0.294 e. The first-order valence-corrected chi connectivity index (χ1v) is 18.4. The van der Waals surface area contributed by atoms with E-state index in [4.69, 9.17) is 4.98 Å². The number of carbonyl (C=O) groups excluding carboxylic acids is 1. The molecule has 1 aliphatic carbocycles. The van der Waals surface area contributed by atoms with Crippen molar-refractivity contribution >= 4 is 16.7 Å². The van der Waals surface area contributed by atoms with E-state index in [1.54, 1.807) is 12.1 Å². The van der Waals surface area contributed by atoms with Crippen molar-refractivity contribution in [2.75, 3.05) is 0 Å². The molecule has 0 aliphatic heterocycles. The molecule has 3 aromatic carbocycles. The summed E-state index contributed by atoms with van der Waals surface area (Å²) in [6, 6.07) is 19.8. The van der Waals surface area contributed by atoms with E-state index < -0.39 is 17.6 Å². The summed E-state index contributed by atoms with van der Waals surface area (Å²) >= 11 is 0. The van der Waals surface area contributed by atoms with Gasteiger partial charge in [0.25, 0.3) is 0 Å². The molecule has 5 rings (SSSR count). The quantitative estimate of drug-likeness (QED) is 0.0800. The monoisotopic (exact) mass is 684 g/mol. The normalized spacial score (nSPS) is 17.5. The van der Waals surface area contributed by atoms with Gasteiger partial charge in [0.15, 0.2) is 5.78 Å². The molecule has 0 N–H and O–H groups in total. The highest BCUT2D eigenvalue weighted by Crippen LogP contribution is 2.36. The fraction of sp³-hybridized carbons (Fsp3) is 0.465. The fourth-order valence-electron chi connectivity index (χ4n) is 7.67. The maximum atomic E-state index is 14.7. The number of pyridine rings is 1. The molecule has 0 saturated heterocycles. The predicted molar refractivity (Wildman–Crippen MR) is 192 cm³/mol. The molecule has 0 spiro atoms. The third-order valence-electron chi connectivity index (χ3n) is 10.4. The van der Waals surface area contributed by atoms with Crippen LogP contribution in [-0.2, 0) is 19.0 Å². The molecular formula is C43H48F4N2O. The van der Waals surface area contributed by atoms with E-state index >= 15 is 0 Å². The summed E-state index contributed by atoms with van der Waals surface area (Å²) in [6.07, 6.45) is 8.67. The van der Waals surface area contributed by atoms with Crippen LogP contribution in [0.5, 0.6) is 0 Å². The van der Waals surface area contributed by atoms with Crippen LogP contribution in [-0.4, -0.2) is 10.8 Å². The summed E-state index contributed by atoms with van der Waals surface area (Å²) in [4.78, 5) is 19.5. The molecule has 264 valence electrons. The van der Waals surface area contributed by atoms with Gasteiger partial charge < -0.3 is 0 Å².